The maximum atomic E-state index is 6.10. The molecule has 110 valence electrons. The van der Waals surface area contributed by atoms with Crippen LogP contribution in [0.25, 0.3) is 0 Å². The van der Waals surface area contributed by atoms with Gasteiger partial charge in [-0.1, -0.05) is 11.6 Å². The Morgan fingerprint density at radius 3 is 3.00 bits per heavy atom. The minimum Gasteiger partial charge on any atom is -0.356 e. The van der Waals surface area contributed by atoms with Crippen LogP contribution in [0.15, 0.2) is 12.1 Å². The Balaban J connectivity index is 1.76. The molecule has 0 bridgehead atoms. The van der Waals surface area contributed by atoms with Crippen LogP contribution in [0.3, 0.4) is 0 Å². The number of hydrogen-bond donors (Lipinski definition) is 1. The van der Waals surface area contributed by atoms with Crippen LogP contribution in [0, 0.1) is 5.92 Å². The molecule has 2 unspecified atom stereocenters. The van der Waals surface area contributed by atoms with Crippen LogP contribution in [0.5, 0.6) is 0 Å². The fraction of sp³-hybridized carbons (Fsp3) is 0.667. The molecular formula is C15H23ClN4. The van der Waals surface area contributed by atoms with Gasteiger partial charge < -0.3 is 15.5 Å². The van der Waals surface area contributed by atoms with E-state index in [0.29, 0.717) is 11.6 Å². The lowest BCUT2D eigenvalue weighted by Crippen LogP contribution is -2.52. The van der Waals surface area contributed by atoms with E-state index >= 15 is 0 Å². The van der Waals surface area contributed by atoms with E-state index in [4.69, 9.17) is 17.3 Å². The average Bonchev–Trinajstić information content (AvgIpc) is 2.47. The fourth-order valence-corrected chi connectivity index (χ4v) is 3.84. The van der Waals surface area contributed by atoms with Crippen molar-refractivity contribution in [3.63, 3.8) is 0 Å². The van der Waals surface area contributed by atoms with Crippen molar-refractivity contribution < 1.29 is 0 Å². The molecular weight excluding hydrogens is 272 g/mol. The molecule has 0 spiro atoms. The molecule has 2 aliphatic rings. The molecule has 2 atom stereocenters. The first kappa shape index (κ1) is 14.1. The quantitative estimate of drug-likeness (QED) is 0.907. The Labute approximate surface area is 125 Å². The Morgan fingerprint density at radius 1 is 1.35 bits per heavy atom. The van der Waals surface area contributed by atoms with Gasteiger partial charge in [0.25, 0.3) is 0 Å². The summed E-state index contributed by atoms with van der Waals surface area (Å²) in [7, 11) is 2.26. The van der Waals surface area contributed by atoms with E-state index in [9.17, 15) is 0 Å². The number of nitrogens with two attached hydrogens (primary N) is 1. The molecule has 0 aromatic carbocycles. The number of pyridine rings is 1. The monoisotopic (exact) mass is 294 g/mol. The largest absolute Gasteiger partial charge is 0.356 e. The van der Waals surface area contributed by atoms with Crippen LogP contribution in [-0.4, -0.2) is 42.6 Å². The standard InChI is InChI=1S/C15H23ClN4/c1-19-7-2-3-11-10-20(8-6-14(11)19)15-5-4-12(16)13(9-17)18-15/h4-5,11,14H,2-3,6-10,17H2,1H3. The second kappa shape index (κ2) is 5.88. The van der Waals surface area contributed by atoms with Crippen LogP contribution in [-0.2, 0) is 6.54 Å². The van der Waals surface area contributed by atoms with Crippen LogP contribution in [0.1, 0.15) is 25.0 Å². The third-order valence-corrected chi connectivity index (χ3v) is 5.11. The highest BCUT2D eigenvalue weighted by Crippen LogP contribution is 2.31. The van der Waals surface area contributed by atoms with Crippen molar-refractivity contribution in [2.45, 2.75) is 31.8 Å². The first-order valence-electron chi connectivity index (χ1n) is 7.49. The lowest BCUT2D eigenvalue weighted by Gasteiger charge is -2.46. The van der Waals surface area contributed by atoms with Gasteiger partial charge >= 0.3 is 0 Å². The lowest BCUT2D eigenvalue weighted by molar-refractivity contribution is 0.102. The summed E-state index contributed by atoms with van der Waals surface area (Å²) in [6.45, 7) is 3.82. The molecule has 0 saturated carbocycles. The maximum Gasteiger partial charge on any atom is 0.128 e. The van der Waals surface area contributed by atoms with Crippen LogP contribution < -0.4 is 10.6 Å². The summed E-state index contributed by atoms with van der Waals surface area (Å²) in [6, 6.07) is 4.70. The highest BCUT2D eigenvalue weighted by Gasteiger charge is 2.34. The SMILES string of the molecule is CN1CCCC2CN(c3ccc(Cl)c(CN)n3)CCC21. The van der Waals surface area contributed by atoms with Gasteiger partial charge in [0.2, 0.25) is 0 Å². The minimum absolute atomic E-state index is 0.398. The number of rotatable bonds is 2. The first-order valence-corrected chi connectivity index (χ1v) is 7.87. The number of anilines is 1. The topological polar surface area (TPSA) is 45.4 Å². The van der Waals surface area contributed by atoms with Crippen molar-refractivity contribution in [3.8, 4) is 0 Å². The zero-order chi connectivity index (χ0) is 14.1. The average molecular weight is 295 g/mol. The number of nitrogens with zero attached hydrogens (tertiary/aromatic N) is 3. The van der Waals surface area contributed by atoms with E-state index in [0.717, 1.165) is 36.6 Å². The number of likely N-dealkylation sites (tertiary alicyclic amines) is 1. The molecule has 1 aromatic heterocycles. The Hall–Kier alpha value is -0.840. The summed E-state index contributed by atoms with van der Waals surface area (Å²) in [6.07, 6.45) is 3.87. The van der Waals surface area contributed by atoms with E-state index in [-0.39, 0.29) is 0 Å². The second-order valence-electron chi connectivity index (χ2n) is 5.99. The van der Waals surface area contributed by atoms with Gasteiger partial charge in [-0.3, -0.25) is 0 Å². The Bertz CT molecular complexity index is 479. The number of halogens is 1. The molecule has 4 nitrogen and oxygen atoms in total. The van der Waals surface area contributed by atoms with E-state index in [2.05, 4.69) is 21.8 Å². The van der Waals surface area contributed by atoms with Gasteiger partial charge in [0.15, 0.2) is 0 Å². The van der Waals surface area contributed by atoms with Gasteiger partial charge in [0.1, 0.15) is 5.82 Å². The molecule has 5 heteroatoms. The third kappa shape index (κ3) is 2.65. The van der Waals surface area contributed by atoms with Crippen molar-refractivity contribution in [1.29, 1.82) is 0 Å². The van der Waals surface area contributed by atoms with Crippen molar-refractivity contribution in [1.82, 2.24) is 9.88 Å². The predicted octanol–water partition coefficient (Wildman–Crippen LogP) is 2.11. The molecule has 2 aliphatic heterocycles. The van der Waals surface area contributed by atoms with Crippen LogP contribution in [0.4, 0.5) is 5.82 Å². The Morgan fingerprint density at radius 2 is 2.20 bits per heavy atom. The summed E-state index contributed by atoms with van der Waals surface area (Å²) < 4.78 is 0. The van der Waals surface area contributed by atoms with Crippen molar-refractivity contribution in [2.75, 3.05) is 31.6 Å². The third-order valence-electron chi connectivity index (χ3n) is 4.77. The van der Waals surface area contributed by atoms with Crippen LogP contribution >= 0.6 is 11.6 Å². The van der Waals surface area contributed by atoms with Crippen molar-refractivity contribution >= 4 is 17.4 Å². The highest BCUT2D eigenvalue weighted by atomic mass is 35.5. The molecule has 2 N–H and O–H groups in total. The molecule has 20 heavy (non-hydrogen) atoms. The predicted molar refractivity (Wildman–Crippen MR) is 83.1 cm³/mol. The fourth-order valence-electron chi connectivity index (χ4n) is 3.65. The first-order chi connectivity index (χ1) is 9.69. The lowest BCUT2D eigenvalue weighted by atomic mass is 9.84. The van der Waals surface area contributed by atoms with Gasteiger partial charge in [0, 0.05) is 25.7 Å². The smallest absolute Gasteiger partial charge is 0.128 e. The molecule has 1 aromatic rings. The van der Waals surface area contributed by atoms with Gasteiger partial charge in [-0.2, -0.15) is 0 Å². The van der Waals surface area contributed by atoms with Gasteiger partial charge in [-0.15, -0.1) is 0 Å². The molecule has 3 rings (SSSR count). The molecule has 2 fully saturated rings. The second-order valence-corrected chi connectivity index (χ2v) is 6.39. The van der Waals surface area contributed by atoms with Crippen molar-refractivity contribution in [3.05, 3.63) is 22.8 Å². The molecule has 0 radical (unpaired) electrons. The van der Waals surface area contributed by atoms with Gasteiger partial charge in [0.05, 0.1) is 10.7 Å². The molecule has 3 heterocycles. The number of piperidine rings is 2. The number of fused-ring (bicyclic) bond motifs is 1. The number of hydrogen-bond acceptors (Lipinski definition) is 4. The van der Waals surface area contributed by atoms with E-state index < -0.39 is 0 Å². The molecule has 0 amide bonds. The van der Waals surface area contributed by atoms with E-state index in [1.54, 1.807) is 0 Å². The zero-order valence-electron chi connectivity index (χ0n) is 12.1. The summed E-state index contributed by atoms with van der Waals surface area (Å²) >= 11 is 6.10. The van der Waals surface area contributed by atoms with E-state index in [1.165, 1.54) is 25.8 Å². The summed E-state index contributed by atoms with van der Waals surface area (Å²) in [4.78, 5) is 9.56. The molecule has 2 saturated heterocycles. The normalized spacial score (nSPS) is 27.4. The molecule has 0 aliphatic carbocycles. The van der Waals surface area contributed by atoms with Gasteiger partial charge in [-0.25, -0.2) is 4.98 Å². The van der Waals surface area contributed by atoms with Gasteiger partial charge in [-0.05, 0) is 50.9 Å². The maximum absolute atomic E-state index is 6.10. The summed E-state index contributed by atoms with van der Waals surface area (Å²) in [5.41, 5.74) is 6.50. The zero-order valence-corrected chi connectivity index (χ0v) is 12.8. The summed E-state index contributed by atoms with van der Waals surface area (Å²) in [5, 5.41) is 0.670. The van der Waals surface area contributed by atoms with Crippen LogP contribution in [0.2, 0.25) is 5.02 Å². The minimum atomic E-state index is 0.398. The number of aromatic nitrogens is 1. The van der Waals surface area contributed by atoms with Crippen molar-refractivity contribution in [2.24, 2.45) is 11.7 Å². The van der Waals surface area contributed by atoms with E-state index in [1.807, 2.05) is 12.1 Å². The summed E-state index contributed by atoms with van der Waals surface area (Å²) in [5.74, 6) is 1.79. The Kier molecular flexibility index (Phi) is 4.15. The highest BCUT2D eigenvalue weighted by molar-refractivity contribution is 6.31.